The van der Waals surface area contributed by atoms with Gasteiger partial charge in [-0.1, -0.05) is 31.9 Å². The second kappa shape index (κ2) is 5.93. The first kappa shape index (κ1) is 14.8. The first-order valence-electron chi connectivity index (χ1n) is 7.67. The summed E-state index contributed by atoms with van der Waals surface area (Å²) in [6.45, 7) is 2.98. The normalized spacial score (nSPS) is 26.0. The van der Waals surface area contributed by atoms with Crippen LogP contribution in [0.3, 0.4) is 0 Å². The molecular formula is C17H22BrN3. The van der Waals surface area contributed by atoms with Gasteiger partial charge in [0.15, 0.2) is 0 Å². The maximum absolute atomic E-state index is 6.15. The molecule has 112 valence electrons. The Morgan fingerprint density at radius 1 is 1.43 bits per heavy atom. The van der Waals surface area contributed by atoms with Crippen LogP contribution in [0, 0.1) is 5.92 Å². The van der Waals surface area contributed by atoms with Gasteiger partial charge in [-0.2, -0.15) is 0 Å². The average Bonchev–Trinajstić information content (AvgIpc) is 2.49. The van der Waals surface area contributed by atoms with Crippen LogP contribution in [0.25, 0.3) is 10.9 Å². The van der Waals surface area contributed by atoms with Crippen molar-refractivity contribution in [3.05, 3.63) is 34.9 Å². The van der Waals surface area contributed by atoms with Crippen LogP contribution in [0.15, 0.2) is 34.9 Å². The highest BCUT2D eigenvalue weighted by Crippen LogP contribution is 2.37. The van der Waals surface area contributed by atoms with Gasteiger partial charge in [0.2, 0.25) is 0 Å². The monoisotopic (exact) mass is 347 g/mol. The van der Waals surface area contributed by atoms with Crippen molar-refractivity contribution >= 4 is 32.5 Å². The molecule has 1 fully saturated rings. The van der Waals surface area contributed by atoms with E-state index in [9.17, 15) is 0 Å². The third-order valence-electron chi connectivity index (χ3n) is 4.88. The number of nitrogens with zero attached hydrogens (tertiary/aromatic N) is 1. The smallest absolute Gasteiger partial charge is 0.0934 e. The highest BCUT2D eigenvalue weighted by molar-refractivity contribution is 9.10. The molecule has 1 saturated carbocycles. The van der Waals surface area contributed by atoms with E-state index in [2.05, 4.69) is 57.4 Å². The summed E-state index contributed by atoms with van der Waals surface area (Å²) in [5.74, 6) is 0.585. The third-order valence-corrected chi connectivity index (χ3v) is 5.31. The van der Waals surface area contributed by atoms with E-state index in [1.54, 1.807) is 0 Å². The minimum atomic E-state index is 0.00128. The highest BCUT2D eigenvalue weighted by Gasteiger charge is 2.37. The SMILES string of the molecule is CC1CCCCC1(CN)Nc1cccc2cc(Br)cnc12. The first-order chi connectivity index (χ1) is 10.1. The Morgan fingerprint density at radius 2 is 2.29 bits per heavy atom. The Hall–Kier alpha value is -1.13. The molecule has 3 nitrogen and oxygen atoms in total. The number of hydrogen-bond acceptors (Lipinski definition) is 3. The Balaban J connectivity index is 2.00. The lowest BCUT2D eigenvalue weighted by Gasteiger charge is -2.43. The fraction of sp³-hybridized carbons (Fsp3) is 0.471. The van der Waals surface area contributed by atoms with Crippen LogP contribution in [-0.2, 0) is 0 Å². The summed E-state index contributed by atoms with van der Waals surface area (Å²) in [6, 6.07) is 8.39. The van der Waals surface area contributed by atoms with E-state index < -0.39 is 0 Å². The number of rotatable bonds is 3. The molecule has 1 aliphatic carbocycles. The molecule has 1 aliphatic rings. The number of aromatic nitrogens is 1. The predicted octanol–water partition coefficient (Wildman–Crippen LogP) is 4.32. The van der Waals surface area contributed by atoms with E-state index in [4.69, 9.17) is 5.73 Å². The number of nitrogens with two attached hydrogens (primary N) is 1. The van der Waals surface area contributed by atoms with E-state index in [1.165, 1.54) is 19.3 Å². The quantitative estimate of drug-likeness (QED) is 0.869. The van der Waals surface area contributed by atoms with E-state index in [0.29, 0.717) is 12.5 Å². The summed E-state index contributed by atoms with van der Waals surface area (Å²) in [7, 11) is 0. The van der Waals surface area contributed by atoms with Crippen molar-refractivity contribution in [3.8, 4) is 0 Å². The number of benzene rings is 1. The molecule has 2 atom stereocenters. The number of halogens is 1. The molecule has 2 aromatic rings. The maximum Gasteiger partial charge on any atom is 0.0934 e. The van der Waals surface area contributed by atoms with Crippen LogP contribution in [0.5, 0.6) is 0 Å². The van der Waals surface area contributed by atoms with Crippen LogP contribution in [-0.4, -0.2) is 17.1 Å². The molecule has 1 aromatic carbocycles. The van der Waals surface area contributed by atoms with E-state index in [1.807, 2.05) is 6.20 Å². The lowest BCUT2D eigenvalue weighted by atomic mass is 9.73. The van der Waals surface area contributed by atoms with Gasteiger partial charge in [0.1, 0.15) is 0 Å². The molecule has 0 bridgehead atoms. The zero-order valence-corrected chi connectivity index (χ0v) is 14.0. The van der Waals surface area contributed by atoms with Crippen LogP contribution < -0.4 is 11.1 Å². The fourth-order valence-corrected chi connectivity index (χ4v) is 3.81. The van der Waals surface area contributed by atoms with Gasteiger partial charge in [-0.15, -0.1) is 0 Å². The van der Waals surface area contributed by atoms with Gasteiger partial charge in [-0.3, -0.25) is 4.98 Å². The molecule has 21 heavy (non-hydrogen) atoms. The summed E-state index contributed by atoms with van der Waals surface area (Å²) in [4.78, 5) is 4.59. The van der Waals surface area contributed by atoms with Crippen molar-refractivity contribution in [3.63, 3.8) is 0 Å². The summed E-state index contributed by atoms with van der Waals surface area (Å²) >= 11 is 3.49. The molecule has 0 amide bonds. The van der Waals surface area contributed by atoms with Crippen LogP contribution in [0.4, 0.5) is 5.69 Å². The van der Waals surface area contributed by atoms with E-state index >= 15 is 0 Å². The Labute approximate surface area is 134 Å². The number of para-hydroxylation sites is 1. The second-order valence-electron chi connectivity index (χ2n) is 6.16. The molecule has 1 aromatic heterocycles. The van der Waals surface area contributed by atoms with Crippen molar-refractivity contribution < 1.29 is 0 Å². The summed E-state index contributed by atoms with van der Waals surface area (Å²) in [6.07, 6.45) is 6.79. The van der Waals surface area contributed by atoms with Gasteiger partial charge in [0.05, 0.1) is 16.7 Å². The van der Waals surface area contributed by atoms with Crippen LogP contribution in [0.2, 0.25) is 0 Å². The number of nitrogens with one attached hydrogen (secondary N) is 1. The number of fused-ring (bicyclic) bond motifs is 1. The average molecular weight is 348 g/mol. The molecule has 4 heteroatoms. The standard InChI is InChI=1S/C17H22BrN3/c1-12-5-2-3-8-17(12,11-19)21-15-7-4-6-13-9-14(18)10-20-16(13)15/h4,6-7,9-10,12,21H,2-3,5,8,11,19H2,1H3. The molecule has 0 aliphatic heterocycles. The number of hydrogen-bond donors (Lipinski definition) is 2. The Morgan fingerprint density at radius 3 is 3.05 bits per heavy atom. The molecular weight excluding hydrogens is 326 g/mol. The highest BCUT2D eigenvalue weighted by atomic mass is 79.9. The lowest BCUT2D eigenvalue weighted by molar-refractivity contribution is 0.236. The van der Waals surface area contributed by atoms with Gasteiger partial charge in [-0.05, 0) is 46.8 Å². The predicted molar refractivity (Wildman–Crippen MR) is 92.5 cm³/mol. The Kier molecular flexibility index (Phi) is 4.18. The summed E-state index contributed by atoms with van der Waals surface area (Å²) in [5.41, 5.74) is 8.27. The van der Waals surface area contributed by atoms with Gasteiger partial charge in [-0.25, -0.2) is 0 Å². The van der Waals surface area contributed by atoms with Crippen LogP contribution >= 0.6 is 15.9 Å². The molecule has 3 rings (SSSR count). The Bertz CT molecular complexity index is 643. The van der Waals surface area contributed by atoms with Crippen LogP contribution in [0.1, 0.15) is 32.6 Å². The minimum absolute atomic E-state index is 0.00128. The summed E-state index contributed by atoms with van der Waals surface area (Å²) in [5, 5.41) is 4.90. The maximum atomic E-state index is 6.15. The molecule has 0 spiro atoms. The van der Waals surface area contributed by atoms with Crippen molar-refractivity contribution in [1.82, 2.24) is 4.98 Å². The number of pyridine rings is 1. The molecule has 0 radical (unpaired) electrons. The van der Waals surface area contributed by atoms with Gasteiger partial charge < -0.3 is 11.1 Å². The lowest BCUT2D eigenvalue weighted by Crippen LogP contribution is -2.52. The van der Waals surface area contributed by atoms with Gasteiger partial charge in [0.25, 0.3) is 0 Å². The molecule has 3 N–H and O–H groups in total. The fourth-order valence-electron chi connectivity index (χ4n) is 3.46. The molecule has 0 saturated heterocycles. The second-order valence-corrected chi connectivity index (χ2v) is 7.08. The molecule has 1 heterocycles. The van der Waals surface area contributed by atoms with Crippen molar-refractivity contribution in [1.29, 1.82) is 0 Å². The van der Waals surface area contributed by atoms with Gasteiger partial charge >= 0.3 is 0 Å². The number of anilines is 1. The van der Waals surface area contributed by atoms with Crippen molar-refractivity contribution in [2.75, 3.05) is 11.9 Å². The zero-order valence-electron chi connectivity index (χ0n) is 12.4. The topological polar surface area (TPSA) is 50.9 Å². The summed E-state index contributed by atoms with van der Waals surface area (Å²) < 4.78 is 1.01. The van der Waals surface area contributed by atoms with E-state index in [-0.39, 0.29) is 5.54 Å². The zero-order chi connectivity index (χ0) is 14.9. The first-order valence-corrected chi connectivity index (χ1v) is 8.46. The van der Waals surface area contributed by atoms with Crippen molar-refractivity contribution in [2.24, 2.45) is 11.7 Å². The van der Waals surface area contributed by atoms with Crippen molar-refractivity contribution in [2.45, 2.75) is 38.1 Å². The largest absolute Gasteiger partial charge is 0.376 e. The minimum Gasteiger partial charge on any atom is -0.376 e. The third kappa shape index (κ3) is 2.79. The van der Waals surface area contributed by atoms with Gasteiger partial charge in [0, 0.05) is 22.6 Å². The molecule has 2 unspecified atom stereocenters. The van der Waals surface area contributed by atoms with E-state index in [0.717, 1.165) is 27.5 Å².